The van der Waals surface area contributed by atoms with Crippen LogP contribution in [0.5, 0.6) is 0 Å². The first kappa shape index (κ1) is 28.1. The number of alkyl halides is 3. The van der Waals surface area contributed by atoms with Crippen molar-refractivity contribution in [2.45, 2.75) is 83.1 Å². The number of hydrogen-bond donors (Lipinski definition) is 2. The highest BCUT2D eigenvalue weighted by Crippen LogP contribution is 2.39. The minimum absolute atomic E-state index is 0.0859. The monoisotopic (exact) mass is 530 g/mol. The van der Waals surface area contributed by atoms with Gasteiger partial charge in [-0.15, -0.1) is 0 Å². The molecular formula is C29H37F3N4O2. The van der Waals surface area contributed by atoms with Gasteiger partial charge in [0.1, 0.15) is 6.04 Å². The van der Waals surface area contributed by atoms with Gasteiger partial charge in [0.15, 0.2) is 0 Å². The van der Waals surface area contributed by atoms with Gasteiger partial charge in [-0.2, -0.15) is 13.2 Å². The van der Waals surface area contributed by atoms with Crippen molar-refractivity contribution in [3.8, 4) is 11.1 Å². The molecule has 4 rings (SSSR count). The number of nitrogens with zero attached hydrogens (tertiary/aromatic N) is 2. The van der Waals surface area contributed by atoms with E-state index in [4.69, 9.17) is 0 Å². The average molecular weight is 531 g/mol. The van der Waals surface area contributed by atoms with Crippen LogP contribution in [0.2, 0.25) is 0 Å². The highest BCUT2D eigenvalue weighted by atomic mass is 19.4. The molecule has 1 aromatic heterocycles. The van der Waals surface area contributed by atoms with E-state index in [1.54, 1.807) is 32.4 Å². The smallest absolute Gasteiger partial charge is 0.343 e. The molecule has 1 aliphatic carbocycles. The zero-order valence-corrected chi connectivity index (χ0v) is 22.3. The van der Waals surface area contributed by atoms with Crippen LogP contribution in [0.25, 0.3) is 11.1 Å². The Balaban J connectivity index is 1.62. The maximum atomic E-state index is 14.0. The molecule has 2 fully saturated rings. The van der Waals surface area contributed by atoms with Crippen molar-refractivity contribution < 1.29 is 22.8 Å². The fourth-order valence-corrected chi connectivity index (χ4v) is 5.86. The fourth-order valence-electron chi connectivity index (χ4n) is 5.86. The summed E-state index contributed by atoms with van der Waals surface area (Å²) in [6.07, 6.45) is 5.37. The average Bonchev–Trinajstić information content (AvgIpc) is 3.41. The summed E-state index contributed by atoms with van der Waals surface area (Å²) in [7, 11) is 1.71. The molecule has 206 valence electrons. The van der Waals surface area contributed by atoms with Crippen LogP contribution in [0.1, 0.15) is 74.6 Å². The number of benzene rings is 1. The van der Waals surface area contributed by atoms with Crippen LogP contribution in [-0.2, 0) is 15.8 Å². The summed E-state index contributed by atoms with van der Waals surface area (Å²) in [6.45, 7) is 3.81. The summed E-state index contributed by atoms with van der Waals surface area (Å²) in [5, 5.41) is 5.98. The van der Waals surface area contributed by atoms with Crippen molar-refractivity contribution >= 4 is 11.8 Å². The van der Waals surface area contributed by atoms with E-state index in [0.29, 0.717) is 17.7 Å². The lowest BCUT2D eigenvalue weighted by Crippen LogP contribution is -2.55. The fraction of sp³-hybridized carbons (Fsp3) is 0.552. The third-order valence-electron chi connectivity index (χ3n) is 8.14. The van der Waals surface area contributed by atoms with Crippen LogP contribution in [-0.4, -0.2) is 47.4 Å². The summed E-state index contributed by atoms with van der Waals surface area (Å²) in [5.74, 6) is -0.199. The van der Waals surface area contributed by atoms with Crippen molar-refractivity contribution in [1.29, 1.82) is 0 Å². The predicted octanol–water partition coefficient (Wildman–Crippen LogP) is 5.41. The first-order chi connectivity index (χ1) is 18.1. The number of likely N-dealkylation sites (tertiary alicyclic amines) is 1. The molecule has 1 aromatic carbocycles. The summed E-state index contributed by atoms with van der Waals surface area (Å²) in [6, 6.07) is 4.75. The van der Waals surface area contributed by atoms with Gasteiger partial charge < -0.3 is 15.5 Å². The van der Waals surface area contributed by atoms with Gasteiger partial charge in [0.2, 0.25) is 11.8 Å². The largest absolute Gasteiger partial charge is 0.416 e. The summed E-state index contributed by atoms with van der Waals surface area (Å²) in [4.78, 5) is 33.0. The first-order valence-electron chi connectivity index (χ1n) is 13.5. The molecule has 1 saturated heterocycles. The van der Waals surface area contributed by atoms with Crippen molar-refractivity contribution in [2.75, 3.05) is 13.6 Å². The third kappa shape index (κ3) is 6.03. The molecule has 2 aliphatic rings. The molecule has 0 bridgehead atoms. The van der Waals surface area contributed by atoms with E-state index in [2.05, 4.69) is 15.6 Å². The van der Waals surface area contributed by atoms with E-state index in [-0.39, 0.29) is 29.3 Å². The molecule has 1 saturated carbocycles. The second-order valence-electron chi connectivity index (χ2n) is 10.6. The van der Waals surface area contributed by atoms with E-state index in [9.17, 15) is 22.8 Å². The molecule has 9 heteroatoms. The van der Waals surface area contributed by atoms with Gasteiger partial charge in [-0.1, -0.05) is 31.4 Å². The Morgan fingerprint density at radius 2 is 1.82 bits per heavy atom. The van der Waals surface area contributed by atoms with Crippen LogP contribution >= 0.6 is 0 Å². The molecule has 38 heavy (non-hydrogen) atoms. The number of amides is 2. The minimum atomic E-state index is -4.44. The molecule has 0 radical (unpaired) electrons. The van der Waals surface area contributed by atoms with Crippen molar-refractivity contribution in [3.05, 3.63) is 53.3 Å². The van der Waals surface area contributed by atoms with E-state index < -0.39 is 23.8 Å². The van der Waals surface area contributed by atoms with Gasteiger partial charge in [-0.25, -0.2) is 0 Å². The number of pyridine rings is 1. The lowest BCUT2D eigenvalue weighted by molar-refractivity contribution is -0.139. The van der Waals surface area contributed by atoms with Crippen molar-refractivity contribution in [1.82, 2.24) is 20.5 Å². The number of nitrogens with one attached hydrogen (secondary N) is 2. The molecular weight excluding hydrogens is 493 g/mol. The molecule has 6 nitrogen and oxygen atoms in total. The van der Waals surface area contributed by atoms with Gasteiger partial charge >= 0.3 is 6.18 Å². The Bertz CT molecular complexity index is 1150. The Morgan fingerprint density at radius 1 is 1.08 bits per heavy atom. The second-order valence-corrected chi connectivity index (χ2v) is 10.6. The van der Waals surface area contributed by atoms with E-state index in [1.807, 2.05) is 11.0 Å². The molecule has 2 aromatic rings. The Labute approximate surface area is 222 Å². The molecule has 0 spiro atoms. The van der Waals surface area contributed by atoms with E-state index in [0.717, 1.165) is 56.6 Å². The Kier molecular flexibility index (Phi) is 8.75. The summed E-state index contributed by atoms with van der Waals surface area (Å²) in [5.41, 5.74) is 1.34. The second kappa shape index (κ2) is 11.8. The molecule has 2 N–H and O–H groups in total. The predicted molar refractivity (Wildman–Crippen MR) is 140 cm³/mol. The third-order valence-corrected chi connectivity index (χ3v) is 8.14. The van der Waals surface area contributed by atoms with Gasteiger partial charge in [-0.05, 0) is 81.3 Å². The van der Waals surface area contributed by atoms with Crippen LogP contribution in [0.3, 0.4) is 0 Å². The number of carbonyl (C=O) groups is 2. The lowest BCUT2D eigenvalue weighted by Gasteiger charge is -2.35. The van der Waals surface area contributed by atoms with E-state index >= 15 is 0 Å². The van der Waals surface area contributed by atoms with Gasteiger partial charge in [0.25, 0.3) is 0 Å². The van der Waals surface area contributed by atoms with Gasteiger partial charge in [0, 0.05) is 24.5 Å². The Hall–Kier alpha value is -2.94. The van der Waals surface area contributed by atoms with Crippen LogP contribution in [0, 0.1) is 12.8 Å². The van der Waals surface area contributed by atoms with Crippen molar-refractivity contribution in [3.63, 3.8) is 0 Å². The first-order valence-corrected chi connectivity index (χ1v) is 13.5. The van der Waals surface area contributed by atoms with Crippen molar-refractivity contribution in [2.24, 2.45) is 5.92 Å². The van der Waals surface area contributed by atoms with Crippen LogP contribution in [0.15, 0.2) is 36.7 Å². The minimum Gasteiger partial charge on any atom is -0.343 e. The van der Waals surface area contributed by atoms with Gasteiger partial charge in [-0.3, -0.25) is 14.6 Å². The number of aromatic nitrogens is 1. The normalized spacial score (nSPS) is 20.3. The number of halogens is 3. The van der Waals surface area contributed by atoms with Crippen LogP contribution < -0.4 is 10.6 Å². The zero-order chi connectivity index (χ0) is 27.4. The number of hydrogen-bond acceptors (Lipinski definition) is 4. The maximum Gasteiger partial charge on any atom is 0.416 e. The Morgan fingerprint density at radius 3 is 2.50 bits per heavy atom. The molecule has 3 unspecified atom stereocenters. The SMILES string of the molecule is CNC(C)C(=O)NC(C(=O)N1CCCC1c1cncc(-c2cccc(C(F)(F)F)c2C)c1)C1CCCCC1. The molecule has 2 amide bonds. The summed E-state index contributed by atoms with van der Waals surface area (Å²) < 4.78 is 40.5. The zero-order valence-electron chi connectivity index (χ0n) is 22.3. The highest BCUT2D eigenvalue weighted by molar-refractivity contribution is 5.90. The van der Waals surface area contributed by atoms with Gasteiger partial charge in [0.05, 0.1) is 17.6 Å². The quantitative estimate of drug-likeness (QED) is 0.502. The highest BCUT2D eigenvalue weighted by Gasteiger charge is 2.39. The topological polar surface area (TPSA) is 74.3 Å². The van der Waals surface area contributed by atoms with Crippen LogP contribution in [0.4, 0.5) is 13.2 Å². The molecule has 3 atom stereocenters. The standard InChI is InChI=1S/C29H37F3N4O2/c1-18-23(11-7-12-24(18)29(30,31)32)21-15-22(17-34-16-21)25-13-8-14-36(25)28(38)26(20-9-5-4-6-10-20)35-27(37)19(2)33-3/h7,11-12,15-17,19-20,25-26,33H,4-6,8-10,13-14H2,1-3H3,(H,35,37). The summed E-state index contributed by atoms with van der Waals surface area (Å²) >= 11 is 0. The molecule has 1 aliphatic heterocycles. The molecule has 2 heterocycles. The maximum absolute atomic E-state index is 14.0. The number of carbonyl (C=O) groups excluding carboxylic acids is 2. The number of likely N-dealkylation sites (N-methyl/N-ethyl adjacent to an activating group) is 1. The lowest BCUT2D eigenvalue weighted by atomic mass is 9.83. The van der Waals surface area contributed by atoms with E-state index in [1.165, 1.54) is 13.0 Å². The number of rotatable bonds is 7.